The average molecular weight is 519 g/mol. The second-order valence-corrected chi connectivity index (χ2v) is 8.53. The van der Waals surface area contributed by atoms with Gasteiger partial charge in [-0.1, -0.05) is 23.7 Å². The maximum Gasteiger partial charge on any atom is 0.435 e. The van der Waals surface area contributed by atoms with Gasteiger partial charge in [-0.15, -0.1) is 0 Å². The van der Waals surface area contributed by atoms with Crippen molar-refractivity contribution in [3.05, 3.63) is 65.1 Å². The molecule has 0 fully saturated rings. The Hall–Kier alpha value is -3.97. The number of aromatic amines is 1. The van der Waals surface area contributed by atoms with E-state index in [-0.39, 0.29) is 5.69 Å². The Morgan fingerprint density at radius 2 is 2.06 bits per heavy atom. The van der Waals surface area contributed by atoms with Crippen molar-refractivity contribution in [3.8, 4) is 11.4 Å². The van der Waals surface area contributed by atoms with Crippen molar-refractivity contribution in [2.24, 2.45) is 7.05 Å². The Morgan fingerprint density at radius 3 is 2.86 bits per heavy atom. The van der Waals surface area contributed by atoms with Crippen LogP contribution in [0.4, 0.5) is 29.7 Å². The first kappa shape index (κ1) is 22.8. The standard InChI is InChI=1S/C21H14ClF3N8OS/c1-33-9-13(17(31-33)21(23,24)25)19(34)27-11-4-2-3-10(7-11)18-29-20(35-32-18)28-15-6-5-14-12(16(15)22)8-26-30-14/h2-9H,1H3,(H,26,30)(H,27,34)(H,28,29,32). The van der Waals surface area contributed by atoms with Crippen LogP contribution in [0.5, 0.6) is 0 Å². The van der Waals surface area contributed by atoms with E-state index in [9.17, 15) is 18.0 Å². The number of alkyl halides is 3. The number of benzene rings is 2. The van der Waals surface area contributed by atoms with Crippen molar-refractivity contribution in [1.82, 2.24) is 29.3 Å². The van der Waals surface area contributed by atoms with E-state index in [0.29, 0.717) is 27.2 Å². The van der Waals surface area contributed by atoms with Crippen LogP contribution in [0.15, 0.2) is 48.8 Å². The van der Waals surface area contributed by atoms with E-state index in [2.05, 4.69) is 35.3 Å². The van der Waals surface area contributed by atoms with Gasteiger partial charge in [0.15, 0.2) is 11.5 Å². The monoisotopic (exact) mass is 518 g/mol. The Morgan fingerprint density at radius 1 is 1.23 bits per heavy atom. The van der Waals surface area contributed by atoms with Crippen molar-refractivity contribution >= 4 is 56.4 Å². The third-order valence-corrected chi connectivity index (χ3v) is 5.98. The lowest BCUT2D eigenvalue weighted by Crippen LogP contribution is -2.17. The number of halogens is 4. The predicted molar refractivity (Wildman–Crippen MR) is 126 cm³/mol. The first-order chi connectivity index (χ1) is 16.7. The maximum absolute atomic E-state index is 13.2. The van der Waals surface area contributed by atoms with Crippen molar-refractivity contribution in [3.63, 3.8) is 0 Å². The molecule has 35 heavy (non-hydrogen) atoms. The number of carbonyl (C=O) groups excluding carboxylic acids is 1. The predicted octanol–water partition coefficient (Wildman–Crippen LogP) is 5.48. The van der Waals surface area contributed by atoms with Crippen LogP contribution in [0.1, 0.15) is 16.1 Å². The smallest absolute Gasteiger partial charge is 0.329 e. The number of amides is 1. The zero-order valence-corrected chi connectivity index (χ0v) is 19.3. The van der Waals surface area contributed by atoms with Crippen LogP contribution in [0.3, 0.4) is 0 Å². The van der Waals surface area contributed by atoms with Crippen molar-refractivity contribution in [1.29, 1.82) is 0 Å². The highest BCUT2D eigenvalue weighted by Gasteiger charge is 2.39. The van der Waals surface area contributed by atoms with E-state index in [1.54, 1.807) is 36.5 Å². The highest BCUT2D eigenvalue weighted by molar-refractivity contribution is 7.10. The summed E-state index contributed by atoms with van der Waals surface area (Å²) < 4.78 is 44.9. The molecule has 0 atom stereocenters. The molecule has 0 saturated carbocycles. The van der Waals surface area contributed by atoms with Gasteiger partial charge in [-0.05, 0) is 24.3 Å². The molecule has 5 rings (SSSR count). The van der Waals surface area contributed by atoms with E-state index < -0.39 is 23.3 Å². The summed E-state index contributed by atoms with van der Waals surface area (Å²) in [5.74, 6) is -0.563. The Labute approximate surface area is 204 Å². The number of rotatable bonds is 5. The summed E-state index contributed by atoms with van der Waals surface area (Å²) in [7, 11) is 1.31. The van der Waals surface area contributed by atoms with Gasteiger partial charge in [-0.2, -0.15) is 32.7 Å². The summed E-state index contributed by atoms with van der Waals surface area (Å²) in [5.41, 5.74) is 0.438. The van der Waals surface area contributed by atoms with E-state index in [1.807, 2.05) is 6.07 Å². The fourth-order valence-electron chi connectivity index (χ4n) is 3.38. The normalized spacial score (nSPS) is 11.7. The molecule has 0 spiro atoms. The van der Waals surface area contributed by atoms with E-state index in [4.69, 9.17) is 11.6 Å². The lowest BCUT2D eigenvalue weighted by Gasteiger charge is -2.08. The molecule has 0 bridgehead atoms. The minimum Gasteiger partial charge on any atom is -0.329 e. The molecule has 0 unspecified atom stereocenters. The SMILES string of the molecule is Cn1cc(C(=O)Nc2cccc(-c3nsc(Nc4ccc5[nH]ncc5c4Cl)n3)c2)c(C(F)(F)F)n1. The third-order valence-electron chi connectivity index (χ3n) is 4.95. The molecule has 178 valence electrons. The largest absolute Gasteiger partial charge is 0.435 e. The van der Waals surface area contributed by atoms with Gasteiger partial charge in [0, 0.05) is 41.4 Å². The summed E-state index contributed by atoms with van der Waals surface area (Å²) >= 11 is 7.54. The fourth-order valence-corrected chi connectivity index (χ4v) is 4.25. The number of nitrogens with zero attached hydrogens (tertiary/aromatic N) is 5. The van der Waals surface area contributed by atoms with Gasteiger partial charge >= 0.3 is 6.18 Å². The molecule has 0 aliphatic heterocycles. The number of H-pyrrole nitrogens is 1. The average Bonchev–Trinajstić information content (AvgIpc) is 3.55. The number of carbonyl (C=O) groups is 1. The van der Waals surface area contributed by atoms with Crippen LogP contribution >= 0.6 is 23.1 Å². The second kappa shape index (κ2) is 8.67. The Bertz CT molecular complexity index is 1560. The van der Waals surface area contributed by atoms with Crippen LogP contribution < -0.4 is 10.6 Å². The summed E-state index contributed by atoms with van der Waals surface area (Å²) in [6, 6.07) is 10.1. The zero-order valence-electron chi connectivity index (χ0n) is 17.7. The second-order valence-electron chi connectivity index (χ2n) is 7.40. The number of aromatic nitrogens is 6. The quantitative estimate of drug-likeness (QED) is 0.284. The summed E-state index contributed by atoms with van der Waals surface area (Å²) in [6.07, 6.45) is -2.11. The summed E-state index contributed by atoms with van der Waals surface area (Å²) in [4.78, 5) is 17.0. The van der Waals surface area contributed by atoms with Crippen molar-refractivity contribution in [2.45, 2.75) is 6.18 Å². The number of hydrogen-bond acceptors (Lipinski definition) is 7. The third kappa shape index (κ3) is 4.55. The lowest BCUT2D eigenvalue weighted by molar-refractivity contribution is -0.141. The molecule has 5 aromatic rings. The minimum absolute atomic E-state index is 0.280. The molecule has 0 aliphatic rings. The van der Waals surface area contributed by atoms with Crippen LogP contribution in [0.2, 0.25) is 5.02 Å². The molecule has 3 heterocycles. The molecule has 0 saturated heterocycles. The molecular weight excluding hydrogens is 505 g/mol. The molecule has 3 N–H and O–H groups in total. The van der Waals surface area contributed by atoms with Gasteiger partial charge in [0.2, 0.25) is 5.13 Å². The maximum atomic E-state index is 13.2. The van der Waals surface area contributed by atoms with Gasteiger partial charge in [-0.25, -0.2) is 0 Å². The Kier molecular flexibility index (Phi) is 5.65. The summed E-state index contributed by atoms with van der Waals surface area (Å²) in [6.45, 7) is 0. The van der Waals surface area contributed by atoms with E-state index in [0.717, 1.165) is 33.3 Å². The molecule has 9 nitrogen and oxygen atoms in total. The number of nitrogens with one attached hydrogen (secondary N) is 3. The highest BCUT2D eigenvalue weighted by atomic mass is 35.5. The van der Waals surface area contributed by atoms with Crippen molar-refractivity contribution in [2.75, 3.05) is 10.6 Å². The molecule has 2 aromatic carbocycles. The number of aryl methyl sites for hydroxylation is 1. The fraction of sp³-hybridized carbons (Fsp3) is 0.0952. The highest BCUT2D eigenvalue weighted by Crippen LogP contribution is 2.34. The molecule has 0 radical (unpaired) electrons. The first-order valence-electron chi connectivity index (χ1n) is 9.94. The molecule has 14 heteroatoms. The van der Waals surface area contributed by atoms with Gasteiger partial charge in [-0.3, -0.25) is 14.6 Å². The van der Waals surface area contributed by atoms with Crippen LogP contribution in [-0.2, 0) is 13.2 Å². The van der Waals surface area contributed by atoms with Crippen LogP contribution in [-0.4, -0.2) is 35.2 Å². The Balaban J connectivity index is 1.35. The zero-order chi connectivity index (χ0) is 24.7. The van der Waals surface area contributed by atoms with E-state index >= 15 is 0 Å². The van der Waals surface area contributed by atoms with Gasteiger partial charge in [0.1, 0.15) is 0 Å². The van der Waals surface area contributed by atoms with Gasteiger partial charge < -0.3 is 10.6 Å². The number of fused-ring (bicyclic) bond motifs is 1. The van der Waals surface area contributed by atoms with Gasteiger partial charge in [0.25, 0.3) is 5.91 Å². The lowest BCUT2D eigenvalue weighted by atomic mass is 10.1. The van der Waals surface area contributed by atoms with Crippen molar-refractivity contribution < 1.29 is 18.0 Å². The topological polar surface area (TPSA) is 113 Å². The molecular formula is C21H14ClF3N8OS. The first-order valence-corrected chi connectivity index (χ1v) is 11.1. The van der Waals surface area contributed by atoms with Gasteiger partial charge in [0.05, 0.1) is 28.0 Å². The summed E-state index contributed by atoms with van der Waals surface area (Å²) in [5, 5.41) is 17.5. The minimum atomic E-state index is -4.76. The molecule has 3 aromatic heterocycles. The molecule has 0 aliphatic carbocycles. The van der Waals surface area contributed by atoms with Crippen LogP contribution in [0, 0.1) is 0 Å². The molecule has 1 amide bonds. The van der Waals surface area contributed by atoms with E-state index in [1.165, 1.54) is 7.05 Å². The number of anilines is 3. The van der Waals surface area contributed by atoms with Crippen LogP contribution in [0.25, 0.3) is 22.3 Å². The number of hydrogen-bond donors (Lipinski definition) is 3.